The Morgan fingerprint density at radius 3 is 2.45 bits per heavy atom. The van der Waals surface area contributed by atoms with Crippen LogP contribution in [0.2, 0.25) is 0 Å². The summed E-state index contributed by atoms with van der Waals surface area (Å²) in [7, 11) is 1.01. The zero-order valence-corrected chi connectivity index (χ0v) is 11.0. The summed E-state index contributed by atoms with van der Waals surface area (Å²) in [6.45, 7) is 0. The molecule has 1 aromatic carbocycles. The number of carbonyl (C=O) groups is 1. The van der Waals surface area contributed by atoms with Crippen LogP contribution in [0.1, 0.15) is 15.9 Å². The van der Waals surface area contributed by atoms with E-state index in [2.05, 4.69) is 9.72 Å². The van der Waals surface area contributed by atoms with Crippen molar-refractivity contribution >= 4 is 5.97 Å². The van der Waals surface area contributed by atoms with E-state index in [1.807, 2.05) is 0 Å². The molecule has 3 nitrogen and oxygen atoms in total. The number of benzene rings is 1. The van der Waals surface area contributed by atoms with E-state index in [0.29, 0.717) is 18.2 Å². The zero-order valence-electron chi connectivity index (χ0n) is 11.0. The Kier molecular flexibility index (Phi) is 4.11. The van der Waals surface area contributed by atoms with Crippen molar-refractivity contribution in [1.29, 1.82) is 0 Å². The van der Waals surface area contributed by atoms with E-state index < -0.39 is 46.2 Å². The highest BCUT2D eigenvalue weighted by Crippen LogP contribution is 2.34. The second kappa shape index (κ2) is 5.70. The molecule has 2 rings (SSSR count). The van der Waals surface area contributed by atoms with Crippen molar-refractivity contribution in [2.45, 2.75) is 6.18 Å². The van der Waals surface area contributed by atoms with Crippen LogP contribution >= 0.6 is 0 Å². The SMILES string of the molecule is COC(=O)c1ccnc(-c2cc(C(F)(F)F)ccc2F)c1F. The van der Waals surface area contributed by atoms with Gasteiger partial charge in [-0.05, 0) is 24.3 Å². The standard InChI is InChI=1S/C14H8F5NO2/c1-22-13(21)8-4-5-20-12(11(8)16)9-6-7(14(17,18)19)2-3-10(9)15/h2-6H,1H3. The zero-order chi connectivity index (χ0) is 16.5. The molecule has 1 aromatic heterocycles. The molecule has 116 valence electrons. The van der Waals surface area contributed by atoms with Crippen molar-refractivity contribution in [2.75, 3.05) is 7.11 Å². The first-order chi connectivity index (χ1) is 10.3. The van der Waals surface area contributed by atoms with Crippen LogP contribution in [-0.4, -0.2) is 18.1 Å². The van der Waals surface area contributed by atoms with Crippen LogP contribution in [0.25, 0.3) is 11.3 Å². The maximum atomic E-state index is 14.2. The van der Waals surface area contributed by atoms with Gasteiger partial charge >= 0.3 is 12.1 Å². The maximum Gasteiger partial charge on any atom is 0.416 e. The third kappa shape index (κ3) is 2.90. The minimum atomic E-state index is -4.72. The molecule has 0 unspecified atom stereocenters. The fourth-order valence-corrected chi connectivity index (χ4v) is 1.78. The molecule has 1 heterocycles. The third-order valence-corrected chi connectivity index (χ3v) is 2.84. The fourth-order valence-electron chi connectivity index (χ4n) is 1.78. The molecule has 0 radical (unpaired) electrons. The molecule has 0 spiro atoms. The highest BCUT2D eigenvalue weighted by molar-refractivity contribution is 5.90. The molecule has 0 bridgehead atoms. The fraction of sp³-hybridized carbons (Fsp3) is 0.143. The highest BCUT2D eigenvalue weighted by atomic mass is 19.4. The lowest BCUT2D eigenvalue weighted by Crippen LogP contribution is -2.08. The summed E-state index contributed by atoms with van der Waals surface area (Å²) >= 11 is 0. The predicted octanol–water partition coefficient (Wildman–Crippen LogP) is 3.83. The van der Waals surface area contributed by atoms with Crippen molar-refractivity contribution in [2.24, 2.45) is 0 Å². The lowest BCUT2D eigenvalue weighted by atomic mass is 10.0. The molecule has 2 aromatic rings. The molecule has 0 amide bonds. The molecule has 22 heavy (non-hydrogen) atoms. The number of hydrogen-bond acceptors (Lipinski definition) is 3. The predicted molar refractivity (Wildman–Crippen MR) is 65.9 cm³/mol. The van der Waals surface area contributed by atoms with Crippen LogP contribution in [-0.2, 0) is 10.9 Å². The molecule has 0 fully saturated rings. The molecular formula is C14H8F5NO2. The van der Waals surface area contributed by atoms with Crippen molar-refractivity contribution in [3.63, 3.8) is 0 Å². The van der Waals surface area contributed by atoms with Crippen molar-refractivity contribution in [1.82, 2.24) is 4.98 Å². The third-order valence-electron chi connectivity index (χ3n) is 2.84. The Labute approximate surface area is 121 Å². The minimum absolute atomic E-state index is 0.432. The van der Waals surface area contributed by atoms with Crippen LogP contribution in [0.3, 0.4) is 0 Å². The monoisotopic (exact) mass is 317 g/mol. The summed E-state index contributed by atoms with van der Waals surface area (Å²) < 4.78 is 70.3. The number of alkyl halides is 3. The number of halogens is 5. The Bertz CT molecular complexity index is 728. The second-order valence-corrected chi connectivity index (χ2v) is 4.21. The lowest BCUT2D eigenvalue weighted by molar-refractivity contribution is -0.137. The topological polar surface area (TPSA) is 39.2 Å². The summed E-state index contributed by atoms with van der Waals surface area (Å²) in [5.74, 6) is -3.40. The van der Waals surface area contributed by atoms with Crippen LogP contribution in [0.15, 0.2) is 30.5 Å². The quantitative estimate of drug-likeness (QED) is 0.624. The molecular weight excluding hydrogens is 309 g/mol. The van der Waals surface area contributed by atoms with Gasteiger partial charge in [-0.3, -0.25) is 4.98 Å². The largest absolute Gasteiger partial charge is 0.465 e. The summed E-state index contributed by atoms with van der Waals surface area (Å²) in [5, 5.41) is 0. The second-order valence-electron chi connectivity index (χ2n) is 4.21. The van der Waals surface area contributed by atoms with Crippen LogP contribution < -0.4 is 0 Å². The van der Waals surface area contributed by atoms with E-state index in [-0.39, 0.29) is 0 Å². The molecule has 0 N–H and O–H groups in total. The lowest BCUT2D eigenvalue weighted by Gasteiger charge is -2.11. The number of ether oxygens (including phenoxy) is 1. The average Bonchev–Trinajstić information content (AvgIpc) is 2.46. The molecule has 0 aliphatic carbocycles. The van der Waals surface area contributed by atoms with E-state index in [4.69, 9.17) is 0 Å². The Morgan fingerprint density at radius 2 is 1.86 bits per heavy atom. The van der Waals surface area contributed by atoms with E-state index in [0.717, 1.165) is 19.4 Å². The van der Waals surface area contributed by atoms with Gasteiger partial charge in [0.2, 0.25) is 0 Å². The highest BCUT2D eigenvalue weighted by Gasteiger charge is 2.32. The Morgan fingerprint density at radius 1 is 1.18 bits per heavy atom. The van der Waals surface area contributed by atoms with E-state index in [1.165, 1.54) is 0 Å². The molecule has 0 aliphatic heterocycles. The van der Waals surface area contributed by atoms with E-state index in [1.54, 1.807) is 0 Å². The summed E-state index contributed by atoms with van der Waals surface area (Å²) in [6, 6.07) is 2.50. The molecule has 0 saturated carbocycles. The van der Waals surface area contributed by atoms with Crippen LogP contribution in [0.4, 0.5) is 22.0 Å². The molecule has 8 heteroatoms. The van der Waals surface area contributed by atoms with Gasteiger partial charge in [0.1, 0.15) is 11.5 Å². The number of aromatic nitrogens is 1. The van der Waals surface area contributed by atoms with Gasteiger partial charge in [-0.2, -0.15) is 13.2 Å². The summed E-state index contributed by atoms with van der Waals surface area (Å²) in [4.78, 5) is 14.9. The van der Waals surface area contributed by atoms with Gasteiger partial charge in [0, 0.05) is 11.8 Å². The number of carbonyl (C=O) groups excluding carboxylic acids is 1. The number of rotatable bonds is 2. The molecule has 0 saturated heterocycles. The summed E-state index contributed by atoms with van der Waals surface area (Å²) in [6.07, 6.45) is -3.75. The van der Waals surface area contributed by atoms with Gasteiger partial charge in [-0.1, -0.05) is 0 Å². The maximum absolute atomic E-state index is 14.2. The van der Waals surface area contributed by atoms with E-state index >= 15 is 0 Å². The first-order valence-corrected chi connectivity index (χ1v) is 5.85. The average molecular weight is 317 g/mol. The van der Waals surface area contributed by atoms with Gasteiger partial charge in [-0.15, -0.1) is 0 Å². The molecule has 0 aliphatic rings. The number of nitrogens with zero attached hydrogens (tertiary/aromatic N) is 1. The van der Waals surface area contributed by atoms with Gasteiger partial charge in [0.15, 0.2) is 5.82 Å². The van der Waals surface area contributed by atoms with Gasteiger partial charge in [-0.25, -0.2) is 13.6 Å². The van der Waals surface area contributed by atoms with Crippen LogP contribution in [0.5, 0.6) is 0 Å². The van der Waals surface area contributed by atoms with Gasteiger partial charge in [0.05, 0.1) is 18.2 Å². The van der Waals surface area contributed by atoms with Gasteiger partial charge in [0.25, 0.3) is 0 Å². The summed E-state index contributed by atoms with van der Waals surface area (Å²) in [5.41, 5.74) is -3.11. The number of pyridine rings is 1. The Balaban J connectivity index is 2.64. The van der Waals surface area contributed by atoms with Gasteiger partial charge < -0.3 is 4.74 Å². The van der Waals surface area contributed by atoms with Crippen molar-refractivity contribution in [3.05, 3.63) is 53.2 Å². The number of esters is 1. The van der Waals surface area contributed by atoms with Crippen molar-refractivity contribution in [3.8, 4) is 11.3 Å². The Hall–Kier alpha value is -2.51. The van der Waals surface area contributed by atoms with Crippen molar-refractivity contribution < 1.29 is 31.5 Å². The smallest absolute Gasteiger partial charge is 0.416 e. The minimum Gasteiger partial charge on any atom is -0.465 e. The molecule has 0 atom stereocenters. The first kappa shape index (κ1) is 15.9. The normalized spacial score (nSPS) is 11.4. The first-order valence-electron chi connectivity index (χ1n) is 5.85. The number of hydrogen-bond donors (Lipinski definition) is 0. The van der Waals surface area contributed by atoms with E-state index in [9.17, 15) is 26.7 Å². The number of methoxy groups -OCH3 is 1. The van der Waals surface area contributed by atoms with Crippen LogP contribution in [0, 0.1) is 11.6 Å².